The van der Waals surface area contributed by atoms with E-state index in [1.54, 1.807) is 0 Å². The number of halogens is 1. The van der Waals surface area contributed by atoms with Gasteiger partial charge in [-0.1, -0.05) is 46.3 Å². The van der Waals surface area contributed by atoms with E-state index in [-0.39, 0.29) is 6.61 Å². The molecule has 0 heterocycles. The normalized spacial score (nSPS) is 10.4. The zero-order valence-electron chi connectivity index (χ0n) is 9.07. The smallest absolute Gasteiger partial charge is 0.0684 e. The lowest BCUT2D eigenvalue weighted by Crippen LogP contribution is -1.89. The number of aryl methyl sites for hydroxylation is 1. The lowest BCUT2D eigenvalue weighted by Gasteiger charge is -2.06. The maximum Gasteiger partial charge on any atom is 0.0684 e. The molecule has 1 N–H and O–H groups in total. The molecule has 2 rings (SSSR count). The van der Waals surface area contributed by atoms with Gasteiger partial charge in [-0.05, 0) is 41.3 Å². The molecule has 0 bridgehead atoms. The molecule has 2 heteroatoms. The van der Waals surface area contributed by atoms with Crippen LogP contribution in [0.5, 0.6) is 0 Å². The Morgan fingerprint density at radius 2 is 1.62 bits per heavy atom. The lowest BCUT2D eigenvalue weighted by molar-refractivity contribution is 0.281. The van der Waals surface area contributed by atoms with Crippen molar-refractivity contribution >= 4 is 15.9 Å². The van der Waals surface area contributed by atoms with Crippen LogP contribution in [-0.4, -0.2) is 5.11 Å². The first-order valence-electron chi connectivity index (χ1n) is 5.17. The van der Waals surface area contributed by atoms with Crippen LogP contribution in [0.4, 0.5) is 0 Å². The molecule has 0 aliphatic heterocycles. The van der Waals surface area contributed by atoms with E-state index in [0.717, 1.165) is 15.6 Å². The third-order valence-corrected chi connectivity index (χ3v) is 3.22. The van der Waals surface area contributed by atoms with E-state index in [9.17, 15) is 0 Å². The van der Waals surface area contributed by atoms with Crippen LogP contribution in [0.3, 0.4) is 0 Å². The second kappa shape index (κ2) is 4.81. The van der Waals surface area contributed by atoms with Crippen LogP contribution in [0.1, 0.15) is 11.1 Å². The summed E-state index contributed by atoms with van der Waals surface area (Å²) in [7, 11) is 0. The molecule has 2 aromatic rings. The van der Waals surface area contributed by atoms with Crippen molar-refractivity contribution in [2.45, 2.75) is 13.5 Å². The van der Waals surface area contributed by atoms with Gasteiger partial charge in [-0.25, -0.2) is 0 Å². The average molecular weight is 277 g/mol. The summed E-state index contributed by atoms with van der Waals surface area (Å²) in [6, 6.07) is 14.4. The molecule has 0 radical (unpaired) electrons. The highest BCUT2D eigenvalue weighted by Gasteiger charge is 2.01. The van der Waals surface area contributed by atoms with Gasteiger partial charge in [0.1, 0.15) is 0 Å². The number of aliphatic hydroxyl groups is 1. The third kappa shape index (κ3) is 2.34. The Hall–Kier alpha value is -1.12. The number of hydrogen-bond donors (Lipinski definition) is 1. The molecule has 0 unspecified atom stereocenters. The monoisotopic (exact) mass is 276 g/mol. The Labute approximate surface area is 104 Å². The van der Waals surface area contributed by atoms with Gasteiger partial charge in [0.15, 0.2) is 0 Å². The predicted molar refractivity (Wildman–Crippen MR) is 70.2 cm³/mol. The van der Waals surface area contributed by atoms with E-state index in [1.807, 2.05) is 31.2 Å². The summed E-state index contributed by atoms with van der Waals surface area (Å²) in [5, 5.41) is 9.11. The molecule has 0 aliphatic carbocycles. The van der Waals surface area contributed by atoms with E-state index in [2.05, 4.69) is 34.1 Å². The van der Waals surface area contributed by atoms with E-state index in [0.29, 0.717) is 0 Å². The minimum atomic E-state index is 0.104. The molecule has 0 fully saturated rings. The highest BCUT2D eigenvalue weighted by Crippen LogP contribution is 2.24. The third-order valence-electron chi connectivity index (χ3n) is 2.69. The molecule has 0 saturated heterocycles. The van der Waals surface area contributed by atoms with E-state index >= 15 is 0 Å². The molecular weight excluding hydrogens is 264 g/mol. The topological polar surface area (TPSA) is 20.2 Å². The van der Waals surface area contributed by atoms with E-state index in [1.165, 1.54) is 11.1 Å². The highest BCUT2D eigenvalue weighted by atomic mass is 79.9. The first-order valence-corrected chi connectivity index (χ1v) is 5.96. The van der Waals surface area contributed by atoms with E-state index in [4.69, 9.17) is 5.11 Å². The molecule has 0 aliphatic rings. The Kier molecular flexibility index (Phi) is 3.42. The van der Waals surface area contributed by atoms with Gasteiger partial charge < -0.3 is 5.11 Å². The standard InChI is InChI=1S/C14H13BrO/c1-10-8-12(2-3-13(10)9-16)11-4-6-14(15)7-5-11/h2-8,16H,9H2,1H3. The summed E-state index contributed by atoms with van der Waals surface area (Å²) in [6.07, 6.45) is 0. The molecule has 0 aromatic heterocycles. The minimum Gasteiger partial charge on any atom is -0.392 e. The first kappa shape index (κ1) is 11.4. The van der Waals surface area contributed by atoms with Gasteiger partial charge in [-0.15, -0.1) is 0 Å². The van der Waals surface area contributed by atoms with Crippen molar-refractivity contribution in [1.29, 1.82) is 0 Å². The minimum absolute atomic E-state index is 0.104. The number of hydrogen-bond acceptors (Lipinski definition) is 1. The van der Waals surface area contributed by atoms with Crippen LogP contribution in [0.15, 0.2) is 46.9 Å². The molecule has 0 atom stereocenters. The Balaban J connectivity index is 2.41. The quantitative estimate of drug-likeness (QED) is 0.882. The van der Waals surface area contributed by atoms with Gasteiger partial charge >= 0.3 is 0 Å². The van der Waals surface area contributed by atoms with Crippen molar-refractivity contribution in [3.8, 4) is 11.1 Å². The fourth-order valence-corrected chi connectivity index (χ4v) is 1.96. The fraction of sp³-hybridized carbons (Fsp3) is 0.143. The van der Waals surface area contributed by atoms with Crippen LogP contribution in [-0.2, 0) is 6.61 Å². The van der Waals surface area contributed by atoms with Crippen LogP contribution >= 0.6 is 15.9 Å². The van der Waals surface area contributed by atoms with Crippen LogP contribution in [0.25, 0.3) is 11.1 Å². The van der Waals surface area contributed by atoms with Gasteiger partial charge in [-0.3, -0.25) is 0 Å². The zero-order valence-corrected chi connectivity index (χ0v) is 10.7. The molecule has 16 heavy (non-hydrogen) atoms. The molecule has 1 nitrogen and oxygen atoms in total. The second-order valence-electron chi connectivity index (χ2n) is 3.81. The van der Waals surface area contributed by atoms with Gasteiger partial charge in [0.2, 0.25) is 0 Å². The van der Waals surface area contributed by atoms with Gasteiger partial charge in [0.25, 0.3) is 0 Å². The maximum absolute atomic E-state index is 9.11. The molecule has 0 saturated carbocycles. The van der Waals surface area contributed by atoms with Crippen molar-refractivity contribution in [3.05, 3.63) is 58.1 Å². The number of benzene rings is 2. The fourth-order valence-electron chi connectivity index (χ4n) is 1.70. The van der Waals surface area contributed by atoms with Crippen molar-refractivity contribution in [2.24, 2.45) is 0 Å². The number of rotatable bonds is 2. The van der Waals surface area contributed by atoms with Crippen molar-refractivity contribution in [2.75, 3.05) is 0 Å². The molecular formula is C14H13BrO. The van der Waals surface area contributed by atoms with Crippen LogP contribution < -0.4 is 0 Å². The highest BCUT2D eigenvalue weighted by molar-refractivity contribution is 9.10. The van der Waals surface area contributed by atoms with Crippen molar-refractivity contribution in [3.63, 3.8) is 0 Å². The SMILES string of the molecule is Cc1cc(-c2ccc(Br)cc2)ccc1CO. The van der Waals surface area contributed by atoms with Crippen LogP contribution in [0.2, 0.25) is 0 Å². The van der Waals surface area contributed by atoms with Gasteiger partial charge in [0, 0.05) is 4.47 Å². The van der Waals surface area contributed by atoms with Crippen molar-refractivity contribution < 1.29 is 5.11 Å². The summed E-state index contributed by atoms with van der Waals surface area (Å²) >= 11 is 3.42. The van der Waals surface area contributed by atoms with Gasteiger partial charge in [0.05, 0.1) is 6.61 Å². The Morgan fingerprint density at radius 3 is 2.19 bits per heavy atom. The molecule has 0 amide bonds. The summed E-state index contributed by atoms with van der Waals surface area (Å²) in [4.78, 5) is 0. The van der Waals surface area contributed by atoms with E-state index < -0.39 is 0 Å². The maximum atomic E-state index is 9.11. The van der Waals surface area contributed by atoms with Crippen LogP contribution in [0, 0.1) is 6.92 Å². The van der Waals surface area contributed by atoms with Crippen molar-refractivity contribution in [1.82, 2.24) is 0 Å². The summed E-state index contributed by atoms with van der Waals surface area (Å²) in [5.74, 6) is 0. The zero-order chi connectivity index (χ0) is 11.5. The lowest BCUT2D eigenvalue weighted by atomic mass is 10.0. The number of aliphatic hydroxyl groups excluding tert-OH is 1. The molecule has 0 spiro atoms. The summed E-state index contributed by atoms with van der Waals surface area (Å²) in [5.41, 5.74) is 4.49. The largest absolute Gasteiger partial charge is 0.392 e. The Morgan fingerprint density at radius 1 is 1.00 bits per heavy atom. The summed E-state index contributed by atoms with van der Waals surface area (Å²) in [6.45, 7) is 2.13. The average Bonchev–Trinajstić information content (AvgIpc) is 2.30. The summed E-state index contributed by atoms with van der Waals surface area (Å²) < 4.78 is 1.08. The predicted octanol–water partition coefficient (Wildman–Crippen LogP) is 3.92. The molecule has 2 aromatic carbocycles. The first-order chi connectivity index (χ1) is 7.70. The molecule has 82 valence electrons. The second-order valence-corrected chi connectivity index (χ2v) is 4.72. The Bertz CT molecular complexity index is 489. The van der Waals surface area contributed by atoms with Gasteiger partial charge in [-0.2, -0.15) is 0 Å².